The SMILES string of the molecule is CCc1cnc(CNC(=NC)NCc2cc(Br)cs2)s1.I. The fourth-order valence-electron chi connectivity index (χ4n) is 1.59. The Kier molecular flexibility index (Phi) is 8.76. The smallest absolute Gasteiger partial charge is 0.191 e. The van der Waals surface area contributed by atoms with Crippen LogP contribution in [0.4, 0.5) is 0 Å². The number of nitrogens with zero attached hydrogens (tertiary/aromatic N) is 2. The van der Waals surface area contributed by atoms with Gasteiger partial charge in [0, 0.05) is 32.9 Å². The number of aryl methyl sites for hydroxylation is 1. The molecule has 2 rings (SSSR count). The molecule has 0 spiro atoms. The summed E-state index contributed by atoms with van der Waals surface area (Å²) >= 11 is 6.92. The monoisotopic (exact) mass is 500 g/mol. The van der Waals surface area contributed by atoms with Gasteiger partial charge in [0.05, 0.1) is 13.1 Å². The molecule has 0 aliphatic heterocycles. The average Bonchev–Trinajstić information content (AvgIpc) is 3.08. The number of hydrogen-bond donors (Lipinski definition) is 2. The van der Waals surface area contributed by atoms with E-state index in [4.69, 9.17) is 0 Å². The summed E-state index contributed by atoms with van der Waals surface area (Å²) in [6.45, 7) is 3.62. The standard InChI is InChI=1S/C13H17BrN4S2.HI/c1-3-10-5-16-12(20-10)7-18-13(15-2)17-6-11-4-9(14)8-19-11;/h4-5,8H,3,6-7H2,1-2H3,(H2,15,17,18);1H. The highest BCUT2D eigenvalue weighted by molar-refractivity contribution is 14.0. The molecule has 116 valence electrons. The first-order valence-electron chi connectivity index (χ1n) is 6.32. The van der Waals surface area contributed by atoms with Gasteiger partial charge < -0.3 is 10.6 Å². The van der Waals surface area contributed by atoms with Gasteiger partial charge in [-0.05, 0) is 28.4 Å². The second-order valence-electron chi connectivity index (χ2n) is 4.08. The van der Waals surface area contributed by atoms with Gasteiger partial charge in [-0.3, -0.25) is 4.99 Å². The van der Waals surface area contributed by atoms with Crippen LogP contribution in [0.5, 0.6) is 0 Å². The van der Waals surface area contributed by atoms with Crippen LogP contribution < -0.4 is 10.6 Å². The van der Waals surface area contributed by atoms with E-state index in [-0.39, 0.29) is 24.0 Å². The van der Waals surface area contributed by atoms with Crippen molar-refractivity contribution in [2.75, 3.05) is 7.05 Å². The molecule has 0 aromatic carbocycles. The predicted molar refractivity (Wildman–Crippen MR) is 106 cm³/mol. The fraction of sp³-hybridized carbons (Fsp3) is 0.385. The lowest BCUT2D eigenvalue weighted by Gasteiger charge is -2.09. The van der Waals surface area contributed by atoms with Crippen LogP contribution in [-0.4, -0.2) is 18.0 Å². The average molecular weight is 501 g/mol. The normalized spacial score (nSPS) is 11.1. The van der Waals surface area contributed by atoms with E-state index in [0.717, 1.165) is 28.4 Å². The number of thiazole rings is 1. The molecule has 0 bridgehead atoms. The van der Waals surface area contributed by atoms with Crippen LogP contribution in [0.1, 0.15) is 21.7 Å². The van der Waals surface area contributed by atoms with Crippen LogP contribution >= 0.6 is 62.6 Å². The summed E-state index contributed by atoms with van der Waals surface area (Å²) in [5.41, 5.74) is 0. The molecular formula is C13H18BrIN4S2. The van der Waals surface area contributed by atoms with Crippen molar-refractivity contribution in [1.82, 2.24) is 15.6 Å². The van der Waals surface area contributed by atoms with Gasteiger partial charge >= 0.3 is 0 Å². The molecule has 0 atom stereocenters. The Morgan fingerprint density at radius 1 is 1.33 bits per heavy atom. The molecule has 8 heteroatoms. The zero-order valence-corrected chi connectivity index (χ0v) is 17.4. The van der Waals surface area contributed by atoms with Crippen molar-refractivity contribution in [2.24, 2.45) is 4.99 Å². The maximum Gasteiger partial charge on any atom is 0.191 e. The molecular weight excluding hydrogens is 483 g/mol. The van der Waals surface area contributed by atoms with E-state index < -0.39 is 0 Å². The second-order valence-corrected chi connectivity index (χ2v) is 7.20. The Morgan fingerprint density at radius 2 is 2.10 bits per heavy atom. The molecule has 0 radical (unpaired) electrons. The van der Waals surface area contributed by atoms with Crippen LogP contribution in [0.25, 0.3) is 0 Å². The molecule has 0 fully saturated rings. The van der Waals surface area contributed by atoms with E-state index in [0.29, 0.717) is 6.54 Å². The predicted octanol–water partition coefficient (Wildman–Crippen LogP) is 4.01. The Balaban J connectivity index is 0.00000220. The topological polar surface area (TPSA) is 49.3 Å². The molecule has 4 nitrogen and oxygen atoms in total. The van der Waals surface area contributed by atoms with Gasteiger partial charge in [0.2, 0.25) is 0 Å². The lowest BCUT2D eigenvalue weighted by molar-refractivity contribution is 0.811. The first-order chi connectivity index (χ1) is 9.71. The van der Waals surface area contributed by atoms with Crippen LogP contribution in [0.3, 0.4) is 0 Å². The van der Waals surface area contributed by atoms with Gasteiger partial charge in [0.25, 0.3) is 0 Å². The Morgan fingerprint density at radius 3 is 2.67 bits per heavy atom. The quantitative estimate of drug-likeness (QED) is 0.370. The molecule has 2 heterocycles. The first kappa shape index (κ1) is 18.9. The third-order valence-electron chi connectivity index (χ3n) is 2.63. The van der Waals surface area contributed by atoms with E-state index >= 15 is 0 Å². The van der Waals surface area contributed by atoms with Crippen molar-refractivity contribution in [2.45, 2.75) is 26.4 Å². The zero-order valence-electron chi connectivity index (χ0n) is 11.9. The third kappa shape index (κ3) is 6.21. The van der Waals surface area contributed by atoms with Crippen LogP contribution in [0.2, 0.25) is 0 Å². The molecule has 0 saturated carbocycles. The van der Waals surface area contributed by atoms with Crippen LogP contribution in [0.15, 0.2) is 27.1 Å². The summed E-state index contributed by atoms with van der Waals surface area (Å²) in [5, 5.41) is 9.74. The fourth-order valence-corrected chi connectivity index (χ4v) is 3.78. The van der Waals surface area contributed by atoms with E-state index in [2.05, 4.69) is 54.9 Å². The maximum atomic E-state index is 4.38. The number of halogens is 2. The molecule has 0 unspecified atom stereocenters. The molecule has 21 heavy (non-hydrogen) atoms. The van der Waals surface area contributed by atoms with E-state index in [9.17, 15) is 0 Å². The molecule has 2 aromatic rings. The summed E-state index contributed by atoms with van der Waals surface area (Å²) in [7, 11) is 1.78. The molecule has 0 saturated heterocycles. The maximum absolute atomic E-state index is 4.38. The van der Waals surface area contributed by atoms with Crippen molar-refractivity contribution in [3.63, 3.8) is 0 Å². The summed E-state index contributed by atoms with van der Waals surface area (Å²) in [6, 6.07) is 2.11. The summed E-state index contributed by atoms with van der Waals surface area (Å²) in [5.74, 6) is 0.794. The van der Waals surface area contributed by atoms with Gasteiger partial charge in [0.1, 0.15) is 5.01 Å². The molecule has 0 amide bonds. The number of guanidine groups is 1. The highest BCUT2D eigenvalue weighted by atomic mass is 127. The second kappa shape index (κ2) is 9.75. The Labute approximate surface area is 158 Å². The highest BCUT2D eigenvalue weighted by Gasteiger charge is 2.03. The molecule has 0 aliphatic rings. The van der Waals surface area contributed by atoms with Crippen molar-refractivity contribution < 1.29 is 0 Å². The summed E-state index contributed by atoms with van der Waals surface area (Å²) in [6.07, 6.45) is 2.99. The van der Waals surface area contributed by atoms with Gasteiger partial charge in [-0.25, -0.2) is 4.98 Å². The van der Waals surface area contributed by atoms with Crippen LogP contribution in [-0.2, 0) is 19.5 Å². The van der Waals surface area contributed by atoms with E-state index in [1.54, 1.807) is 29.7 Å². The Hall–Kier alpha value is -0.190. The number of rotatable bonds is 5. The lowest BCUT2D eigenvalue weighted by Crippen LogP contribution is -2.36. The minimum Gasteiger partial charge on any atom is -0.352 e. The van der Waals surface area contributed by atoms with Crippen molar-refractivity contribution in [3.05, 3.63) is 36.9 Å². The third-order valence-corrected chi connectivity index (χ3v) is 5.47. The van der Waals surface area contributed by atoms with Gasteiger partial charge in [-0.1, -0.05) is 6.92 Å². The van der Waals surface area contributed by atoms with Gasteiger partial charge in [0.15, 0.2) is 5.96 Å². The Bertz CT molecular complexity index is 582. The van der Waals surface area contributed by atoms with Gasteiger partial charge in [-0.2, -0.15) is 0 Å². The minimum absolute atomic E-state index is 0. The number of nitrogens with one attached hydrogen (secondary N) is 2. The molecule has 0 aliphatic carbocycles. The molecule has 2 N–H and O–H groups in total. The number of aromatic nitrogens is 1. The van der Waals surface area contributed by atoms with E-state index in [1.807, 2.05) is 6.20 Å². The van der Waals surface area contributed by atoms with Crippen molar-refractivity contribution in [3.8, 4) is 0 Å². The number of aliphatic imine (C=N–C) groups is 1. The zero-order chi connectivity index (χ0) is 14.4. The summed E-state index contributed by atoms with van der Waals surface area (Å²) < 4.78 is 1.12. The van der Waals surface area contributed by atoms with Gasteiger partial charge in [-0.15, -0.1) is 46.7 Å². The first-order valence-corrected chi connectivity index (χ1v) is 8.81. The van der Waals surface area contributed by atoms with Crippen LogP contribution in [0, 0.1) is 0 Å². The highest BCUT2D eigenvalue weighted by Crippen LogP contribution is 2.19. The van der Waals surface area contributed by atoms with Crippen molar-refractivity contribution in [1.29, 1.82) is 0 Å². The van der Waals surface area contributed by atoms with E-state index in [1.165, 1.54) is 9.75 Å². The molecule has 2 aromatic heterocycles. The number of hydrogen-bond acceptors (Lipinski definition) is 4. The summed E-state index contributed by atoms with van der Waals surface area (Å²) in [4.78, 5) is 11.2. The number of thiophene rings is 1. The van der Waals surface area contributed by atoms with Crippen molar-refractivity contribution >= 4 is 68.5 Å². The minimum atomic E-state index is 0. The largest absolute Gasteiger partial charge is 0.352 e. The lowest BCUT2D eigenvalue weighted by atomic mass is 10.4.